The molecule has 2 aromatic rings. The quantitative estimate of drug-likeness (QED) is 0.909. The van der Waals surface area contributed by atoms with Gasteiger partial charge in [-0.15, -0.1) is 0 Å². The molecule has 114 valence electrons. The van der Waals surface area contributed by atoms with E-state index in [0.717, 1.165) is 24.5 Å². The van der Waals surface area contributed by atoms with E-state index in [4.69, 9.17) is 0 Å². The van der Waals surface area contributed by atoms with Crippen LogP contribution in [0.3, 0.4) is 0 Å². The second kappa shape index (κ2) is 6.89. The van der Waals surface area contributed by atoms with Gasteiger partial charge in [0, 0.05) is 32.0 Å². The van der Waals surface area contributed by atoms with E-state index in [1.807, 2.05) is 24.4 Å². The van der Waals surface area contributed by atoms with Crippen molar-refractivity contribution in [2.45, 2.75) is 19.4 Å². The second-order valence-electron chi connectivity index (χ2n) is 5.24. The fraction of sp³-hybridized carbons (Fsp3) is 0.312. The van der Waals surface area contributed by atoms with Crippen LogP contribution in [-0.2, 0) is 6.54 Å². The maximum absolute atomic E-state index is 11.8. The van der Waals surface area contributed by atoms with Crippen LogP contribution in [0.2, 0.25) is 0 Å². The maximum atomic E-state index is 11.8. The highest BCUT2D eigenvalue weighted by Crippen LogP contribution is 2.17. The molecule has 0 saturated carbocycles. The molecule has 1 saturated heterocycles. The zero-order valence-corrected chi connectivity index (χ0v) is 12.3. The molecular weight excluding hydrogens is 278 g/mol. The molecule has 2 amide bonds. The first-order valence-electron chi connectivity index (χ1n) is 7.47. The molecule has 1 fully saturated rings. The van der Waals surface area contributed by atoms with Crippen molar-refractivity contribution < 1.29 is 4.79 Å². The summed E-state index contributed by atoms with van der Waals surface area (Å²) in [5, 5.41) is 5.47. The fourth-order valence-electron chi connectivity index (χ4n) is 2.43. The summed E-state index contributed by atoms with van der Waals surface area (Å²) in [7, 11) is 0. The molecule has 0 atom stereocenters. The van der Waals surface area contributed by atoms with Crippen molar-refractivity contribution in [3.63, 3.8) is 0 Å². The van der Waals surface area contributed by atoms with Gasteiger partial charge in [-0.25, -0.2) is 14.8 Å². The van der Waals surface area contributed by atoms with Gasteiger partial charge in [0.2, 0.25) is 0 Å². The van der Waals surface area contributed by atoms with Crippen molar-refractivity contribution in [3.05, 3.63) is 48.3 Å². The Bertz CT molecular complexity index is 608. The Kier molecular flexibility index (Phi) is 4.48. The van der Waals surface area contributed by atoms with E-state index in [2.05, 4.69) is 25.5 Å². The van der Waals surface area contributed by atoms with Gasteiger partial charge in [-0.2, -0.15) is 0 Å². The number of aromatic nitrogens is 2. The van der Waals surface area contributed by atoms with Crippen molar-refractivity contribution in [1.82, 2.24) is 15.3 Å². The number of amides is 2. The number of anilines is 2. The molecule has 6 heteroatoms. The summed E-state index contributed by atoms with van der Waals surface area (Å²) < 4.78 is 0. The Labute approximate surface area is 129 Å². The van der Waals surface area contributed by atoms with E-state index >= 15 is 0 Å². The molecular formula is C16H19N5O. The van der Waals surface area contributed by atoms with Crippen LogP contribution in [0.4, 0.5) is 16.4 Å². The Morgan fingerprint density at radius 1 is 1.14 bits per heavy atom. The summed E-state index contributed by atoms with van der Waals surface area (Å²) in [5.74, 6) is 1.54. The van der Waals surface area contributed by atoms with E-state index in [1.54, 1.807) is 18.3 Å². The average Bonchev–Trinajstić information content (AvgIpc) is 3.09. The van der Waals surface area contributed by atoms with Crippen molar-refractivity contribution in [1.29, 1.82) is 0 Å². The highest BCUT2D eigenvalue weighted by molar-refractivity contribution is 5.88. The van der Waals surface area contributed by atoms with Gasteiger partial charge in [-0.05, 0) is 36.6 Å². The van der Waals surface area contributed by atoms with Crippen LogP contribution in [0.1, 0.15) is 18.4 Å². The molecule has 0 aromatic carbocycles. The van der Waals surface area contributed by atoms with Crippen LogP contribution >= 0.6 is 0 Å². The number of nitrogens with one attached hydrogen (secondary N) is 2. The first-order chi connectivity index (χ1) is 10.8. The van der Waals surface area contributed by atoms with Crippen LogP contribution < -0.4 is 15.5 Å². The Balaban J connectivity index is 1.49. The van der Waals surface area contributed by atoms with E-state index in [1.165, 1.54) is 12.8 Å². The topological polar surface area (TPSA) is 70.2 Å². The summed E-state index contributed by atoms with van der Waals surface area (Å²) in [6.45, 7) is 2.60. The minimum atomic E-state index is -0.276. The van der Waals surface area contributed by atoms with Crippen LogP contribution in [0, 0.1) is 0 Å². The third-order valence-corrected chi connectivity index (χ3v) is 3.60. The normalized spacial score (nSPS) is 13.9. The number of pyridine rings is 2. The van der Waals surface area contributed by atoms with Gasteiger partial charge < -0.3 is 10.2 Å². The molecule has 2 N–H and O–H groups in total. The molecule has 0 aliphatic carbocycles. The largest absolute Gasteiger partial charge is 0.357 e. The molecule has 22 heavy (non-hydrogen) atoms. The molecule has 1 aliphatic rings. The van der Waals surface area contributed by atoms with Crippen molar-refractivity contribution in [2.24, 2.45) is 0 Å². The van der Waals surface area contributed by atoms with E-state index in [0.29, 0.717) is 12.4 Å². The van der Waals surface area contributed by atoms with Gasteiger partial charge >= 0.3 is 6.03 Å². The van der Waals surface area contributed by atoms with Crippen LogP contribution in [0.25, 0.3) is 0 Å². The summed E-state index contributed by atoms with van der Waals surface area (Å²) in [5.41, 5.74) is 0.971. The zero-order chi connectivity index (χ0) is 15.2. The SMILES string of the molecule is O=C(NCc1ccc(N2CCCC2)nc1)Nc1ccccn1. The van der Waals surface area contributed by atoms with Crippen LogP contribution in [0.15, 0.2) is 42.7 Å². The zero-order valence-electron chi connectivity index (χ0n) is 12.3. The molecule has 1 aliphatic heterocycles. The van der Waals surface area contributed by atoms with Crippen LogP contribution in [0.5, 0.6) is 0 Å². The molecule has 2 aromatic heterocycles. The third kappa shape index (κ3) is 3.72. The number of urea groups is 1. The molecule has 3 heterocycles. The van der Waals surface area contributed by atoms with Gasteiger partial charge in [0.05, 0.1) is 0 Å². The highest BCUT2D eigenvalue weighted by atomic mass is 16.2. The predicted octanol–water partition coefficient (Wildman–Crippen LogP) is 2.40. The Hall–Kier alpha value is -2.63. The lowest BCUT2D eigenvalue weighted by molar-refractivity contribution is 0.251. The van der Waals surface area contributed by atoms with Crippen molar-refractivity contribution >= 4 is 17.7 Å². The fourth-order valence-corrected chi connectivity index (χ4v) is 2.43. The lowest BCUT2D eigenvalue weighted by atomic mass is 10.3. The summed E-state index contributed by atoms with van der Waals surface area (Å²) in [6, 6.07) is 9.11. The van der Waals surface area contributed by atoms with Gasteiger partial charge in [-0.1, -0.05) is 12.1 Å². The number of hydrogen-bond acceptors (Lipinski definition) is 4. The first-order valence-corrected chi connectivity index (χ1v) is 7.47. The van der Waals surface area contributed by atoms with E-state index in [9.17, 15) is 4.79 Å². The van der Waals surface area contributed by atoms with Crippen molar-refractivity contribution in [2.75, 3.05) is 23.3 Å². The second-order valence-corrected chi connectivity index (χ2v) is 5.24. The van der Waals surface area contributed by atoms with Crippen LogP contribution in [-0.4, -0.2) is 29.1 Å². The lowest BCUT2D eigenvalue weighted by Gasteiger charge is -2.16. The lowest BCUT2D eigenvalue weighted by Crippen LogP contribution is -2.28. The molecule has 0 bridgehead atoms. The highest BCUT2D eigenvalue weighted by Gasteiger charge is 2.13. The minimum Gasteiger partial charge on any atom is -0.357 e. The molecule has 0 spiro atoms. The summed E-state index contributed by atoms with van der Waals surface area (Å²) in [4.78, 5) is 22.6. The number of rotatable bonds is 4. The summed E-state index contributed by atoms with van der Waals surface area (Å²) in [6.07, 6.45) is 5.92. The summed E-state index contributed by atoms with van der Waals surface area (Å²) >= 11 is 0. The molecule has 3 rings (SSSR count). The Morgan fingerprint density at radius 2 is 2.00 bits per heavy atom. The molecule has 0 unspecified atom stereocenters. The number of nitrogens with zero attached hydrogens (tertiary/aromatic N) is 3. The third-order valence-electron chi connectivity index (χ3n) is 3.60. The van der Waals surface area contributed by atoms with E-state index < -0.39 is 0 Å². The molecule has 6 nitrogen and oxygen atoms in total. The van der Waals surface area contributed by atoms with Gasteiger partial charge in [0.25, 0.3) is 0 Å². The van der Waals surface area contributed by atoms with E-state index in [-0.39, 0.29) is 6.03 Å². The Morgan fingerprint density at radius 3 is 2.68 bits per heavy atom. The number of carbonyl (C=O) groups excluding carboxylic acids is 1. The average molecular weight is 297 g/mol. The van der Waals surface area contributed by atoms with Crippen molar-refractivity contribution in [3.8, 4) is 0 Å². The van der Waals surface area contributed by atoms with Gasteiger partial charge in [0.15, 0.2) is 0 Å². The monoisotopic (exact) mass is 297 g/mol. The first kappa shape index (κ1) is 14.3. The smallest absolute Gasteiger partial charge is 0.320 e. The number of carbonyl (C=O) groups is 1. The minimum absolute atomic E-state index is 0.276. The molecule has 0 radical (unpaired) electrons. The standard InChI is InChI=1S/C16H19N5O/c22-16(20-14-5-1-2-8-17-14)19-12-13-6-7-15(18-11-13)21-9-3-4-10-21/h1-2,5-8,11H,3-4,9-10,12H2,(H2,17,19,20,22). The maximum Gasteiger partial charge on any atom is 0.320 e. The number of hydrogen-bond donors (Lipinski definition) is 2. The van der Waals surface area contributed by atoms with Gasteiger partial charge in [0.1, 0.15) is 11.6 Å². The predicted molar refractivity (Wildman–Crippen MR) is 85.8 cm³/mol. The van der Waals surface area contributed by atoms with Gasteiger partial charge in [-0.3, -0.25) is 5.32 Å².